The van der Waals surface area contributed by atoms with Crippen LogP contribution < -0.4 is 10.0 Å². The van der Waals surface area contributed by atoms with Gasteiger partial charge in [0.05, 0.1) is 11.4 Å². The normalized spacial score (nSPS) is 14.0. The molecule has 7 nitrogen and oxygen atoms in total. The summed E-state index contributed by atoms with van der Waals surface area (Å²) in [7, 11) is -3.83. The smallest absolute Gasteiger partial charge is 0.261 e. The fraction of sp³-hybridized carbons (Fsp3) is 0.300. The number of sulfonamides is 1. The van der Waals surface area contributed by atoms with E-state index in [0.29, 0.717) is 18.8 Å². The molecule has 1 saturated heterocycles. The van der Waals surface area contributed by atoms with Gasteiger partial charge in [0.1, 0.15) is 0 Å². The highest BCUT2D eigenvalue weighted by Crippen LogP contribution is 2.18. The zero-order valence-corrected chi connectivity index (χ0v) is 16.5. The van der Waals surface area contributed by atoms with Crippen molar-refractivity contribution < 1.29 is 18.0 Å². The first-order valence-corrected chi connectivity index (χ1v) is 10.6. The van der Waals surface area contributed by atoms with Crippen molar-refractivity contribution in [3.05, 3.63) is 59.7 Å². The summed E-state index contributed by atoms with van der Waals surface area (Å²) in [5.74, 6) is -0.615. The van der Waals surface area contributed by atoms with Crippen LogP contribution in [-0.2, 0) is 14.8 Å². The predicted octanol–water partition coefficient (Wildman–Crippen LogP) is 2.15. The molecule has 8 heteroatoms. The molecule has 1 fully saturated rings. The molecule has 1 aliphatic heterocycles. The number of nitrogens with one attached hydrogen (secondary N) is 2. The molecular weight excluding hydrogens is 378 g/mol. The fourth-order valence-corrected chi connectivity index (χ4v) is 4.08. The van der Waals surface area contributed by atoms with Crippen LogP contribution in [0.1, 0.15) is 28.8 Å². The second-order valence-corrected chi connectivity index (χ2v) is 8.45. The highest BCUT2D eigenvalue weighted by atomic mass is 32.2. The molecule has 0 aromatic heterocycles. The van der Waals surface area contributed by atoms with E-state index in [2.05, 4.69) is 10.0 Å². The van der Waals surface area contributed by atoms with Crippen molar-refractivity contribution in [3.63, 3.8) is 0 Å². The molecule has 28 heavy (non-hydrogen) atoms. The summed E-state index contributed by atoms with van der Waals surface area (Å²) >= 11 is 0. The molecule has 2 amide bonds. The van der Waals surface area contributed by atoms with Crippen molar-refractivity contribution in [1.82, 2.24) is 10.2 Å². The molecule has 3 rings (SSSR count). The first kappa shape index (κ1) is 19.9. The minimum Gasteiger partial charge on any atom is -0.343 e. The van der Waals surface area contributed by atoms with Gasteiger partial charge in [-0.2, -0.15) is 0 Å². The summed E-state index contributed by atoms with van der Waals surface area (Å²) in [5.41, 5.74) is 1.64. The molecule has 0 bridgehead atoms. The van der Waals surface area contributed by atoms with E-state index < -0.39 is 15.9 Å². The summed E-state index contributed by atoms with van der Waals surface area (Å²) in [6, 6.07) is 12.7. The van der Waals surface area contributed by atoms with Gasteiger partial charge in [0.15, 0.2) is 0 Å². The van der Waals surface area contributed by atoms with E-state index in [-0.39, 0.29) is 22.9 Å². The number of likely N-dealkylation sites (tertiary alicyclic amines) is 1. The highest BCUT2D eigenvalue weighted by Gasteiger charge is 2.20. The highest BCUT2D eigenvalue weighted by molar-refractivity contribution is 7.92. The number of benzene rings is 2. The standard InChI is InChI=1S/C20H23N3O4S/c1-15-7-9-17(10-8-15)22-28(26,27)18-6-4-5-16(13-18)20(25)21-14-19(24)23-11-2-3-12-23/h4-10,13,22H,2-3,11-12,14H2,1H3,(H,21,25). The van der Waals surface area contributed by atoms with Gasteiger partial charge in [-0.25, -0.2) is 8.42 Å². The third-order valence-electron chi connectivity index (χ3n) is 4.57. The van der Waals surface area contributed by atoms with Crippen molar-refractivity contribution >= 4 is 27.5 Å². The number of carbonyl (C=O) groups is 2. The van der Waals surface area contributed by atoms with Gasteiger partial charge >= 0.3 is 0 Å². The van der Waals surface area contributed by atoms with Crippen LogP contribution in [0.4, 0.5) is 5.69 Å². The predicted molar refractivity (Wildman–Crippen MR) is 107 cm³/mol. The van der Waals surface area contributed by atoms with E-state index in [9.17, 15) is 18.0 Å². The van der Waals surface area contributed by atoms with E-state index >= 15 is 0 Å². The third kappa shape index (κ3) is 4.89. The average molecular weight is 401 g/mol. The van der Waals surface area contributed by atoms with Crippen LogP contribution in [0.2, 0.25) is 0 Å². The molecule has 2 N–H and O–H groups in total. The summed E-state index contributed by atoms with van der Waals surface area (Å²) < 4.78 is 27.7. The minimum absolute atomic E-state index is 0.0217. The van der Waals surface area contributed by atoms with Crippen LogP contribution in [0.5, 0.6) is 0 Å². The molecule has 0 unspecified atom stereocenters. The van der Waals surface area contributed by atoms with Crippen LogP contribution in [0.25, 0.3) is 0 Å². The SMILES string of the molecule is Cc1ccc(NS(=O)(=O)c2cccc(C(=O)NCC(=O)N3CCCC3)c2)cc1. The van der Waals surface area contributed by atoms with Gasteiger partial charge in [0.25, 0.3) is 15.9 Å². The Morgan fingerprint density at radius 3 is 2.39 bits per heavy atom. The van der Waals surface area contributed by atoms with E-state index in [1.807, 2.05) is 6.92 Å². The average Bonchev–Trinajstić information content (AvgIpc) is 3.22. The second-order valence-electron chi connectivity index (χ2n) is 6.77. The second kappa shape index (κ2) is 8.43. The number of aryl methyl sites for hydroxylation is 1. The number of hydrogen-bond donors (Lipinski definition) is 2. The van der Waals surface area contributed by atoms with Crippen molar-refractivity contribution in [3.8, 4) is 0 Å². The van der Waals surface area contributed by atoms with Gasteiger partial charge in [-0.1, -0.05) is 23.8 Å². The zero-order chi connectivity index (χ0) is 20.1. The maximum atomic E-state index is 12.6. The molecule has 0 radical (unpaired) electrons. The zero-order valence-electron chi connectivity index (χ0n) is 15.6. The maximum Gasteiger partial charge on any atom is 0.261 e. The van der Waals surface area contributed by atoms with Gasteiger partial charge in [0.2, 0.25) is 5.91 Å². The van der Waals surface area contributed by atoms with Gasteiger partial charge < -0.3 is 10.2 Å². The largest absolute Gasteiger partial charge is 0.343 e. The van der Waals surface area contributed by atoms with Crippen LogP contribution in [0.15, 0.2) is 53.4 Å². The van der Waals surface area contributed by atoms with Crippen molar-refractivity contribution in [1.29, 1.82) is 0 Å². The monoisotopic (exact) mass is 401 g/mol. The van der Waals surface area contributed by atoms with Crippen molar-refractivity contribution in [2.24, 2.45) is 0 Å². The third-order valence-corrected chi connectivity index (χ3v) is 5.95. The topological polar surface area (TPSA) is 95.6 Å². The molecule has 2 aromatic rings. The Morgan fingerprint density at radius 2 is 1.71 bits per heavy atom. The van der Waals surface area contributed by atoms with Crippen LogP contribution in [-0.4, -0.2) is 44.8 Å². The molecular formula is C20H23N3O4S. The van der Waals surface area contributed by atoms with E-state index in [1.54, 1.807) is 29.2 Å². The van der Waals surface area contributed by atoms with Crippen molar-refractivity contribution in [2.45, 2.75) is 24.7 Å². The molecule has 0 aliphatic carbocycles. The molecule has 1 aliphatic rings. The Balaban J connectivity index is 1.67. The van der Waals surface area contributed by atoms with Gasteiger partial charge in [-0.15, -0.1) is 0 Å². The number of anilines is 1. The van der Waals surface area contributed by atoms with Gasteiger partial charge in [0, 0.05) is 24.3 Å². The summed E-state index contributed by atoms with van der Waals surface area (Å²) in [4.78, 5) is 26.1. The molecule has 2 aromatic carbocycles. The lowest BCUT2D eigenvalue weighted by atomic mass is 10.2. The van der Waals surface area contributed by atoms with Gasteiger partial charge in [-0.3, -0.25) is 14.3 Å². The Bertz CT molecular complexity index is 965. The van der Waals surface area contributed by atoms with Crippen LogP contribution in [0.3, 0.4) is 0 Å². The number of rotatable bonds is 6. The number of amides is 2. The molecule has 0 saturated carbocycles. The van der Waals surface area contributed by atoms with Crippen molar-refractivity contribution in [2.75, 3.05) is 24.4 Å². The Hall–Kier alpha value is -2.87. The quantitative estimate of drug-likeness (QED) is 0.775. The Labute approximate surface area is 164 Å². The van der Waals surface area contributed by atoms with E-state index in [0.717, 1.165) is 18.4 Å². The number of carbonyl (C=O) groups excluding carboxylic acids is 2. The van der Waals surface area contributed by atoms with Crippen LogP contribution in [0, 0.1) is 6.92 Å². The number of hydrogen-bond acceptors (Lipinski definition) is 4. The van der Waals surface area contributed by atoms with E-state index in [4.69, 9.17) is 0 Å². The molecule has 0 atom stereocenters. The first-order valence-electron chi connectivity index (χ1n) is 9.11. The lowest BCUT2D eigenvalue weighted by molar-refractivity contribution is -0.129. The summed E-state index contributed by atoms with van der Waals surface area (Å²) in [5, 5.41) is 2.56. The lowest BCUT2D eigenvalue weighted by Gasteiger charge is -2.15. The minimum atomic E-state index is -3.83. The van der Waals surface area contributed by atoms with E-state index in [1.165, 1.54) is 24.3 Å². The first-order chi connectivity index (χ1) is 13.3. The fourth-order valence-electron chi connectivity index (χ4n) is 2.98. The van der Waals surface area contributed by atoms with Crippen LogP contribution >= 0.6 is 0 Å². The summed E-state index contributed by atoms with van der Waals surface area (Å²) in [6.45, 7) is 3.24. The summed E-state index contributed by atoms with van der Waals surface area (Å²) in [6.07, 6.45) is 1.96. The molecule has 1 heterocycles. The number of nitrogens with zero attached hydrogens (tertiary/aromatic N) is 1. The maximum absolute atomic E-state index is 12.6. The Morgan fingerprint density at radius 1 is 1.04 bits per heavy atom. The lowest BCUT2D eigenvalue weighted by Crippen LogP contribution is -2.38. The molecule has 0 spiro atoms. The van der Waals surface area contributed by atoms with Gasteiger partial charge in [-0.05, 0) is 50.1 Å². The Kier molecular flexibility index (Phi) is 5.99. The molecule has 148 valence electrons.